The Bertz CT molecular complexity index is 2180. The molecule has 2 aromatic heterocycles. The van der Waals surface area contributed by atoms with Crippen molar-refractivity contribution in [3.8, 4) is 16.8 Å². The molecule has 1 aliphatic carbocycles. The maximum absolute atomic E-state index is 4.52. The lowest BCUT2D eigenvalue weighted by Crippen LogP contribution is -2.31. The topological polar surface area (TPSA) is 21.1 Å². The van der Waals surface area contributed by atoms with Crippen LogP contribution in [0.3, 0.4) is 0 Å². The maximum atomic E-state index is 4.52. The molecule has 6 aromatic rings. The molecule has 2 unspecified atom stereocenters. The van der Waals surface area contributed by atoms with Gasteiger partial charge in [0.15, 0.2) is 0 Å². The van der Waals surface area contributed by atoms with Crippen LogP contribution in [0.25, 0.3) is 38.6 Å². The number of aromatic nitrogens is 2. The van der Waals surface area contributed by atoms with E-state index in [0.717, 1.165) is 16.8 Å². The number of anilines is 2. The Kier molecular flexibility index (Phi) is 6.41. The Morgan fingerprint density at radius 3 is 2.20 bits per heavy atom. The maximum Gasteiger partial charge on any atom is 0.0632 e. The van der Waals surface area contributed by atoms with Crippen molar-refractivity contribution in [1.29, 1.82) is 0 Å². The van der Waals surface area contributed by atoms with Crippen molar-refractivity contribution in [1.82, 2.24) is 9.55 Å². The standard InChI is InChI=1S/C43H41N3/c1-42(2,3)30-17-19-36-34-13-7-9-15-38(34)45(40(36)24-30)32-22-29(28-12-11-21-44-27-28)23-33(26-32)46-39-16-10-8-14-35(39)37-20-18-31(25-41(37)46)43(4,5)6/h7-27,36,40H,1-6H3. The summed E-state index contributed by atoms with van der Waals surface area (Å²) in [4.78, 5) is 7.10. The van der Waals surface area contributed by atoms with Gasteiger partial charge in [-0.15, -0.1) is 0 Å². The third-order valence-corrected chi connectivity index (χ3v) is 9.89. The fourth-order valence-corrected chi connectivity index (χ4v) is 7.43. The van der Waals surface area contributed by atoms with Crippen molar-refractivity contribution < 1.29 is 0 Å². The smallest absolute Gasteiger partial charge is 0.0632 e. The molecule has 0 N–H and O–H groups in total. The Balaban J connectivity index is 1.42. The Labute approximate surface area is 272 Å². The van der Waals surface area contributed by atoms with Crippen LogP contribution in [-0.2, 0) is 5.41 Å². The summed E-state index contributed by atoms with van der Waals surface area (Å²) in [5.74, 6) is 0.301. The largest absolute Gasteiger partial charge is 0.333 e. The molecule has 46 heavy (non-hydrogen) atoms. The van der Waals surface area contributed by atoms with E-state index in [0.29, 0.717) is 5.92 Å². The summed E-state index contributed by atoms with van der Waals surface area (Å²) >= 11 is 0. The summed E-state index contributed by atoms with van der Waals surface area (Å²) < 4.78 is 2.47. The van der Waals surface area contributed by atoms with Crippen LogP contribution in [0.1, 0.15) is 58.6 Å². The van der Waals surface area contributed by atoms with Crippen LogP contribution in [0, 0.1) is 5.41 Å². The molecule has 0 fully saturated rings. The first-order valence-electron chi connectivity index (χ1n) is 16.5. The van der Waals surface area contributed by atoms with E-state index < -0.39 is 0 Å². The van der Waals surface area contributed by atoms with Gasteiger partial charge in [-0.05, 0) is 75.6 Å². The van der Waals surface area contributed by atoms with Gasteiger partial charge in [0.2, 0.25) is 0 Å². The van der Waals surface area contributed by atoms with Crippen LogP contribution in [-0.4, -0.2) is 15.6 Å². The predicted octanol–water partition coefficient (Wildman–Crippen LogP) is 11.3. The van der Waals surface area contributed by atoms with Gasteiger partial charge in [-0.25, -0.2) is 0 Å². The number of allylic oxidation sites excluding steroid dienone is 2. The van der Waals surface area contributed by atoms with Gasteiger partial charge in [-0.3, -0.25) is 4.98 Å². The summed E-state index contributed by atoms with van der Waals surface area (Å²) in [6.45, 7) is 13.8. The fraction of sp³-hybridized carbons (Fsp3) is 0.233. The summed E-state index contributed by atoms with van der Waals surface area (Å²) in [6, 6.07) is 36.3. The van der Waals surface area contributed by atoms with Crippen LogP contribution in [0.5, 0.6) is 0 Å². The van der Waals surface area contributed by atoms with E-state index in [-0.39, 0.29) is 16.9 Å². The predicted molar refractivity (Wildman–Crippen MR) is 194 cm³/mol. The molecule has 3 heteroatoms. The number of rotatable bonds is 3. The lowest BCUT2D eigenvalue weighted by molar-refractivity contribution is 0.506. The van der Waals surface area contributed by atoms with Gasteiger partial charge in [0.05, 0.1) is 17.1 Å². The second kappa shape index (κ2) is 10.3. The highest BCUT2D eigenvalue weighted by molar-refractivity contribution is 6.09. The zero-order chi connectivity index (χ0) is 31.8. The molecule has 0 saturated heterocycles. The minimum Gasteiger partial charge on any atom is -0.333 e. The highest BCUT2D eigenvalue weighted by Crippen LogP contribution is 2.50. The van der Waals surface area contributed by atoms with Crippen LogP contribution in [0.15, 0.2) is 133 Å². The van der Waals surface area contributed by atoms with Gasteiger partial charge in [0.1, 0.15) is 0 Å². The molecule has 0 amide bonds. The molecule has 228 valence electrons. The average Bonchev–Trinajstić information content (AvgIpc) is 3.56. The summed E-state index contributed by atoms with van der Waals surface area (Å²) in [7, 11) is 0. The highest BCUT2D eigenvalue weighted by Gasteiger charge is 2.39. The molecule has 2 atom stereocenters. The number of nitrogens with zero attached hydrogens (tertiary/aromatic N) is 3. The van der Waals surface area contributed by atoms with E-state index in [9.17, 15) is 0 Å². The molecule has 0 radical (unpaired) electrons. The zero-order valence-corrected chi connectivity index (χ0v) is 27.6. The second-order valence-corrected chi connectivity index (χ2v) is 15.0. The molecule has 1 aliphatic heterocycles. The van der Waals surface area contributed by atoms with Gasteiger partial charge in [-0.2, -0.15) is 0 Å². The van der Waals surface area contributed by atoms with Gasteiger partial charge in [0, 0.05) is 51.7 Å². The van der Waals surface area contributed by atoms with Crippen molar-refractivity contribution in [2.24, 2.45) is 5.41 Å². The molecule has 0 spiro atoms. The molecule has 8 rings (SSSR count). The Morgan fingerprint density at radius 1 is 0.652 bits per heavy atom. The lowest BCUT2D eigenvalue weighted by atomic mass is 9.79. The first-order valence-corrected chi connectivity index (χ1v) is 16.5. The van der Waals surface area contributed by atoms with Gasteiger partial charge < -0.3 is 9.47 Å². The minimum atomic E-state index is 0.0397. The molecule has 0 saturated carbocycles. The minimum absolute atomic E-state index is 0.0397. The van der Waals surface area contributed by atoms with E-state index in [4.69, 9.17) is 0 Å². The molecular formula is C43H41N3. The van der Waals surface area contributed by atoms with Crippen LogP contribution < -0.4 is 4.90 Å². The van der Waals surface area contributed by atoms with Crippen molar-refractivity contribution in [2.45, 2.75) is 58.9 Å². The first-order chi connectivity index (χ1) is 22.1. The highest BCUT2D eigenvalue weighted by atomic mass is 15.2. The van der Waals surface area contributed by atoms with Gasteiger partial charge >= 0.3 is 0 Å². The van der Waals surface area contributed by atoms with Crippen LogP contribution in [0.4, 0.5) is 11.4 Å². The SMILES string of the molecule is CC(C)(C)C1=CC2C(C=C1)c1ccccc1N2c1cc(-c2cccnc2)cc(-n2c3ccccc3c3ccc(C(C)(C)C)cc32)c1. The normalized spacial score (nSPS) is 17.8. The third-order valence-electron chi connectivity index (χ3n) is 9.89. The van der Waals surface area contributed by atoms with E-state index >= 15 is 0 Å². The Morgan fingerprint density at radius 2 is 1.41 bits per heavy atom. The summed E-state index contributed by atoms with van der Waals surface area (Å²) in [6.07, 6.45) is 11.1. The number of pyridine rings is 1. The Hall–Kier alpha value is -4.89. The average molecular weight is 600 g/mol. The second-order valence-electron chi connectivity index (χ2n) is 15.0. The van der Waals surface area contributed by atoms with Crippen molar-refractivity contribution in [3.63, 3.8) is 0 Å². The number of fused-ring (bicyclic) bond motifs is 6. The summed E-state index contributed by atoms with van der Waals surface area (Å²) in [5, 5.41) is 2.55. The first kappa shape index (κ1) is 28.6. The van der Waals surface area contributed by atoms with E-state index in [1.807, 2.05) is 18.5 Å². The molecule has 3 nitrogen and oxygen atoms in total. The van der Waals surface area contributed by atoms with Crippen LogP contribution >= 0.6 is 0 Å². The number of hydrogen-bond donors (Lipinski definition) is 0. The number of hydrogen-bond acceptors (Lipinski definition) is 2. The lowest BCUT2D eigenvalue weighted by Gasteiger charge is -2.33. The monoisotopic (exact) mass is 599 g/mol. The van der Waals surface area contributed by atoms with Gasteiger partial charge in [0.25, 0.3) is 0 Å². The van der Waals surface area contributed by atoms with Crippen LogP contribution in [0.2, 0.25) is 0 Å². The number of benzene rings is 4. The fourth-order valence-electron chi connectivity index (χ4n) is 7.43. The van der Waals surface area contributed by atoms with E-state index in [1.54, 1.807) is 0 Å². The van der Waals surface area contributed by atoms with Crippen molar-refractivity contribution in [2.75, 3.05) is 4.90 Å². The third kappa shape index (κ3) is 4.60. The van der Waals surface area contributed by atoms with Crippen molar-refractivity contribution in [3.05, 3.63) is 144 Å². The van der Waals surface area contributed by atoms with Crippen molar-refractivity contribution >= 4 is 33.2 Å². The zero-order valence-electron chi connectivity index (χ0n) is 27.6. The molecule has 2 aliphatic rings. The molecule has 0 bridgehead atoms. The number of para-hydroxylation sites is 2. The molecule has 3 heterocycles. The van der Waals surface area contributed by atoms with E-state index in [1.165, 1.54) is 49.9 Å². The quantitative estimate of drug-likeness (QED) is 0.202. The molecular weight excluding hydrogens is 558 g/mol. The molecule has 4 aromatic carbocycles. The van der Waals surface area contributed by atoms with E-state index in [2.05, 4.69) is 165 Å². The summed E-state index contributed by atoms with van der Waals surface area (Å²) in [5.41, 5.74) is 12.5. The van der Waals surface area contributed by atoms with Gasteiger partial charge in [-0.1, -0.05) is 114 Å².